The van der Waals surface area contributed by atoms with E-state index < -0.39 is 6.09 Å². The molecule has 172 valence electrons. The number of nitrogens with two attached hydrogens (primary N) is 1. The first-order valence-corrected chi connectivity index (χ1v) is 11.2. The number of carboxylic acid groups (broad SMARTS) is 1. The molecule has 9 heteroatoms. The number of hydrogen-bond acceptors (Lipinski definition) is 6. The van der Waals surface area contributed by atoms with Gasteiger partial charge in [0.05, 0.1) is 30.4 Å². The van der Waals surface area contributed by atoms with Gasteiger partial charge in [0.2, 0.25) is 0 Å². The number of benzene rings is 2. The first kappa shape index (κ1) is 20.3. The third kappa shape index (κ3) is 3.20. The minimum absolute atomic E-state index is 0.0150. The molecule has 1 amide bonds. The number of piperazine rings is 1. The van der Waals surface area contributed by atoms with Crippen molar-refractivity contribution in [3.63, 3.8) is 0 Å². The zero-order valence-corrected chi connectivity index (χ0v) is 18.6. The van der Waals surface area contributed by atoms with Crippen LogP contribution in [0.3, 0.4) is 0 Å². The highest BCUT2D eigenvalue weighted by Gasteiger charge is 2.45. The summed E-state index contributed by atoms with van der Waals surface area (Å²) in [6.45, 7) is 1.16. The lowest BCUT2D eigenvalue weighted by molar-refractivity contribution is 0.137. The number of ether oxygens (including phenoxy) is 1. The number of fused-ring (bicyclic) bond motifs is 3. The van der Waals surface area contributed by atoms with E-state index in [1.807, 2.05) is 53.2 Å². The molecule has 2 atom stereocenters. The molecule has 0 spiro atoms. The molecule has 2 aromatic carbocycles. The average molecular weight is 457 g/mol. The Labute approximate surface area is 196 Å². The fourth-order valence-corrected chi connectivity index (χ4v) is 5.18. The maximum atomic E-state index is 11.4. The summed E-state index contributed by atoms with van der Waals surface area (Å²) < 4.78 is 7.12. The summed E-state index contributed by atoms with van der Waals surface area (Å²) in [5.74, 6) is 2.10. The fraction of sp³-hybridized carbons (Fsp3) is 0.240. The van der Waals surface area contributed by atoms with Crippen molar-refractivity contribution in [2.24, 2.45) is 0 Å². The molecule has 2 bridgehead atoms. The first-order valence-electron chi connectivity index (χ1n) is 11.2. The van der Waals surface area contributed by atoms with Crippen LogP contribution in [0.5, 0.6) is 5.75 Å². The summed E-state index contributed by atoms with van der Waals surface area (Å²) in [7, 11) is 1.65. The Morgan fingerprint density at radius 1 is 1.06 bits per heavy atom. The van der Waals surface area contributed by atoms with Crippen LogP contribution in [0.25, 0.3) is 27.7 Å². The van der Waals surface area contributed by atoms with E-state index in [1.165, 1.54) is 4.90 Å². The Hall–Kier alpha value is -4.27. The van der Waals surface area contributed by atoms with Crippen LogP contribution >= 0.6 is 0 Å². The lowest BCUT2D eigenvalue weighted by Gasteiger charge is -2.33. The second kappa shape index (κ2) is 7.65. The molecule has 4 heterocycles. The van der Waals surface area contributed by atoms with Crippen molar-refractivity contribution < 1.29 is 14.6 Å². The van der Waals surface area contributed by atoms with Gasteiger partial charge in [-0.15, -0.1) is 5.10 Å². The molecular formula is C25H24N6O3. The lowest BCUT2D eigenvalue weighted by Crippen LogP contribution is -2.48. The number of rotatable bonds is 4. The Kier molecular flexibility index (Phi) is 4.58. The number of hydrogen-bond donors (Lipinski definition) is 2. The predicted octanol–water partition coefficient (Wildman–Crippen LogP) is 3.62. The van der Waals surface area contributed by atoms with Crippen molar-refractivity contribution in [3.05, 3.63) is 60.8 Å². The number of nitrogen functional groups attached to an aromatic ring is 1. The Morgan fingerprint density at radius 2 is 1.85 bits per heavy atom. The molecule has 9 nitrogen and oxygen atoms in total. The zero-order chi connectivity index (χ0) is 23.4. The van der Waals surface area contributed by atoms with Crippen LogP contribution in [-0.4, -0.2) is 63.1 Å². The maximum absolute atomic E-state index is 11.4. The van der Waals surface area contributed by atoms with Gasteiger partial charge in [0.15, 0.2) is 5.82 Å². The van der Waals surface area contributed by atoms with E-state index in [4.69, 9.17) is 10.5 Å². The normalized spacial score (nSPS) is 19.2. The topological polar surface area (TPSA) is 110 Å². The van der Waals surface area contributed by atoms with Crippen molar-refractivity contribution >= 4 is 28.6 Å². The van der Waals surface area contributed by atoms with E-state index >= 15 is 0 Å². The molecular weight excluding hydrogens is 432 g/mol. The van der Waals surface area contributed by atoms with Crippen molar-refractivity contribution in [1.82, 2.24) is 19.7 Å². The van der Waals surface area contributed by atoms with E-state index in [9.17, 15) is 9.90 Å². The number of anilines is 2. The number of methoxy groups -OCH3 is 1. The van der Waals surface area contributed by atoms with Crippen LogP contribution in [0.4, 0.5) is 16.4 Å². The van der Waals surface area contributed by atoms with Crippen molar-refractivity contribution in [3.8, 4) is 22.6 Å². The van der Waals surface area contributed by atoms with Gasteiger partial charge in [0.1, 0.15) is 11.6 Å². The molecule has 2 fully saturated rings. The van der Waals surface area contributed by atoms with E-state index in [-0.39, 0.29) is 12.1 Å². The van der Waals surface area contributed by atoms with E-state index in [1.54, 1.807) is 13.3 Å². The number of likely N-dealkylation sites (tertiary alicyclic amines) is 1. The molecule has 34 heavy (non-hydrogen) atoms. The molecule has 3 N–H and O–H groups in total. The van der Waals surface area contributed by atoms with Gasteiger partial charge >= 0.3 is 6.09 Å². The number of carbonyl (C=O) groups is 1. The highest BCUT2D eigenvalue weighted by Crippen LogP contribution is 2.35. The molecule has 4 aromatic rings. The second-order valence-electron chi connectivity index (χ2n) is 8.76. The summed E-state index contributed by atoms with van der Waals surface area (Å²) in [6.07, 6.45) is 1.75. The summed E-state index contributed by atoms with van der Waals surface area (Å²) in [5.41, 5.74) is 10.1. The van der Waals surface area contributed by atoms with Crippen LogP contribution in [0.15, 0.2) is 60.8 Å². The van der Waals surface area contributed by atoms with Gasteiger partial charge in [-0.1, -0.05) is 18.2 Å². The number of amides is 1. The fourth-order valence-electron chi connectivity index (χ4n) is 5.18. The predicted molar refractivity (Wildman–Crippen MR) is 130 cm³/mol. The SMILES string of the molecule is COc1ccc(-c2ccc3c(N)nn(-c4ccnc(N5C[C@@H]6C[C@H]5CN6C(=O)O)c4)c3c2)cc1. The van der Waals surface area contributed by atoms with Gasteiger partial charge in [-0.3, -0.25) is 0 Å². The van der Waals surface area contributed by atoms with Crippen molar-refractivity contribution in [2.45, 2.75) is 18.5 Å². The Balaban J connectivity index is 1.36. The zero-order valence-electron chi connectivity index (χ0n) is 18.6. The third-order valence-electron chi connectivity index (χ3n) is 6.89. The maximum Gasteiger partial charge on any atom is 0.407 e. The van der Waals surface area contributed by atoms with E-state index in [0.29, 0.717) is 18.9 Å². The van der Waals surface area contributed by atoms with Crippen LogP contribution in [0.1, 0.15) is 6.42 Å². The Morgan fingerprint density at radius 3 is 2.56 bits per heavy atom. The number of nitrogens with zero attached hydrogens (tertiary/aromatic N) is 5. The standard InChI is InChI=1S/C25H24N6O3/c1-34-20-5-2-15(3-6-20)16-4-7-21-22(10-16)31(28-24(21)26)17-8-9-27-23(12-17)29-13-19-11-18(29)14-30(19)25(32)33/h2-10,12,18-19H,11,13-14H2,1H3,(H2,26,28)(H,32,33)/t18-,19-/m0/s1. The summed E-state index contributed by atoms with van der Waals surface area (Å²) in [4.78, 5) is 19.7. The van der Waals surface area contributed by atoms with Gasteiger partial charge in [-0.05, 0) is 47.9 Å². The second-order valence-corrected chi connectivity index (χ2v) is 8.76. The van der Waals surface area contributed by atoms with Crippen LogP contribution in [0.2, 0.25) is 0 Å². The molecule has 2 aliphatic heterocycles. The highest BCUT2D eigenvalue weighted by atomic mass is 16.5. The summed E-state index contributed by atoms with van der Waals surface area (Å²) >= 11 is 0. The van der Waals surface area contributed by atoms with Crippen LogP contribution < -0.4 is 15.4 Å². The number of pyridine rings is 1. The van der Waals surface area contributed by atoms with Crippen molar-refractivity contribution in [2.75, 3.05) is 30.8 Å². The molecule has 2 aliphatic rings. The molecule has 0 aliphatic carbocycles. The monoisotopic (exact) mass is 456 g/mol. The molecule has 0 saturated carbocycles. The third-order valence-corrected chi connectivity index (χ3v) is 6.89. The smallest absolute Gasteiger partial charge is 0.407 e. The number of aromatic nitrogens is 3. The molecule has 0 unspecified atom stereocenters. The molecule has 6 rings (SSSR count). The van der Waals surface area contributed by atoms with E-state index in [2.05, 4.69) is 21.0 Å². The van der Waals surface area contributed by atoms with Gasteiger partial charge in [-0.25, -0.2) is 14.5 Å². The van der Waals surface area contributed by atoms with Gasteiger partial charge in [0, 0.05) is 30.7 Å². The minimum Gasteiger partial charge on any atom is -0.497 e. The van der Waals surface area contributed by atoms with Gasteiger partial charge in [-0.2, -0.15) is 0 Å². The average Bonchev–Trinajstić information content (AvgIpc) is 3.57. The van der Waals surface area contributed by atoms with Gasteiger partial charge < -0.3 is 25.4 Å². The van der Waals surface area contributed by atoms with Crippen LogP contribution in [-0.2, 0) is 0 Å². The highest BCUT2D eigenvalue weighted by molar-refractivity contribution is 5.93. The Bertz CT molecular complexity index is 1400. The quantitative estimate of drug-likeness (QED) is 0.483. The summed E-state index contributed by atoms with van der Waals surface area (Å²) in [6, 6.07) is 18.1. The minimum atomic E-state index is -0.847. The molecule has 2 aromatic heterocycles. The van der Waals surface area contributed by atoms with Gasteiger partial charge in [0.25, 0.3) is 0 Å². The summed E-state index contributed by atoms with van der Waals surface area (Å²) in [5, 5.41) is 14.9. The van der Waals surface area contributed by atoms with Crippen molar-refractivity contribution in [1.29, 1.82) is 0 Å². The van der Waals surface area contributed by atoms with E-state index in [0.717, 1.165) is 45.7 Å². The molecule has 0 radical (unpaired) electrons. The van der Waals surface area contributed by atoms with Crippen LogP contribution in [0, 0.1) is 0 Å². The first-order chi connectivity index (χ1) is 16.5. The largest absolute Gasteiger partial charge is 0.497 e. The lowest BCUT2D eigenvalue weighted by atomic mass is 10.0. The molecule has 2 saturated heterocycles.